The Morgan fingerprint density at radius 3 is 2.31 bits per heavy atom. The number of para-hydroxylation sites is 1. The van der Waals surface area contributed by atoms with E-state index in [0.29, 0.717) is 0 Å². The summed E-state index contributed by atoms with van der Waals surface area (Å²) in [7, 11) is -4.95. The molecule has 0 aromatic heterocycles. The van der Waals surface area contributed by atoms with Gasteiger partial charge in [0.25, 0.3) is 5.91 Å². The summed E-state index contributed by atoms with van der Waals surface area (Å²) >= 11 is 0. The minimum Gasteiger partial charge on any atom is -0.506 e. The van der Waals surface area contributed by atoms with Crippen LogP contribution in [0.1, 0.15) is 63.7 Å². The number of phosphoric ester groups is 1. The molecule has 1 aliphatic heterocycles. The van der Waals surface area contributed by atoms with Gasteiger partial charge in [-0.15, -0.1) is 0 Å². The second-order valence-corrected chi connectivity index (χ2v) is 10.9. The quantitative estimate of drug-likeness (QED) is 0.0657. The molecule has 1 heterocycles. The summed E-state index contributed by atoms with van der Waals surface area (Å²) in [6, 6.07) is 6.78. The number of phenolic OH excluding ortho intramolecular Hbond substituents is 1. The fourth-order valence-corrected chi connectivity index (χ4v) is 4.55. The third-order valence-electron chi connectivity index (χ3n) is 6.18. The lowest BCUT2D eigenvalue weighted by Crippen LogP contribution is -2.30. The van der Waals surface area contributed by atoms with Crippen molar-refractivity contribution in [2.75, 3.05) is 16.8 Å². The molecule has 0 bridgehead atoms. The molecule has 0 unspecified atom stereocenters. The first-order chi connectivity index (χ1) is 18.4. The number of anilines is 3. The molecule has 10 nitrogen and oxygen atoms in total. The zero-order valence-electron chi connectivity index (χ0n) is 22.5. The molecule has 39 heavy (non-hydrogen) atoms. The average molecular weight is 559 g/mol. The van der Waals surface area contributed by atoms with E-state index in [-0.39, 0.29) is 46.4 Å². The molecule has 0 fully saturated rings. The maximum atomic E-state index is 13.6. The molecule has 1 aliphatic rings. The molecule has 0 aliphatic carbocycles. The van der Waals surface area contributed by atoms with E-state index in [1.165, 1.54) is 40.3 Å². The SMILES string of the molecule is CC(C)=CCC/C(C)=C/CC/C(C)=C/CN1C(=O)c2cccc(O)c2Nc2c(OO)cc(OP(=O)(O)O)cc21. The highest BCUT2D eigenvalue weighted by Crippen LogP contribution is 2.48. The van der Waals surface area contributed by atoms with Crippen molar-refractivity contribution in [3.63, 3.8) is 0 Å². The van der Waals surface area contributed by atoms with E-state index in [1.54, 1.807) is 0 Å². The number of phosphoric acid groups is 1. The van der Waals surface area contributed by atoms with E-state index in [1.807, 2.05) is 13.0 Å². The van der Waals surface area contributed by atoms with Gasteiger partial charge in [0, 0.05) is 18.7 Å². The standard InChI is InChI=1S/C28H35N2O8P/c1-18(2)8-5-9-19(3)10-6-11-20(4)14-15-30-23-16-21(38-39(34,35)36)17-25(37-33)27(23)29-26-22(28(30)32)12-7-13-24(26)31/h7-8,10,12-14,16-17,29,31,33H,5-6,9,11,15H2,1-4H3,(H2,34,35,36)/b19-10+,20-14+. The number of carbonyl (C=O) groups excluding carboxylic acids is 1. The average Bonchev–Trinajstić information content (AvgIpc) is 2.96. The summed E-state index contributed by atoms with van der Waals surface area (Å²) in [5, 5.41) is 22.9. The Labute approximate surface area is 228 Å². The number of hydrogen-bond acceptors (Lipinski definition) is 7. The molecule has 210 valence electrons. The molecule has 0 radical (unpaired) electrons. The van der Waals surface area contributed by atoms with Crippen molar-refractivity contribution in [3.8, 4) is 17.2 Å². The van der Waals surface area contributed by atoms with Crippen LogP contribution in [0.4, 0.5) is 17.1 Å². The minimum absolute atomic E-state index is 0.0992. The Kier molecular flexibility index (Phi) is 9.99. The van der Waals surface area contributed by atoms with Gasteiger partial charge in [-0.05, 0) is 65.5 Å². The Bertz CT molecular complexity index is 1360. The lowest BCUT2D eigenvalue weighted by molar-refractivity contribution is -0.136. The highest BCUT2D eigenvalue weighted by molar-refractivity contribution is 7.46. The van der Waals surface area contributed by atoms with E-state index in [4.69, 9.17) is 4.52 Å². The van der Waals surface area contributed by atoms with Gasteiger partial charge in [-0.1, -0.05) is 41.0 Å². The molecule has 1 amide bonds. The van der Waals surface area contributed by atoms with Crippen LogP contribution in [0.3, 0.4) is 0 Å². The van der Waals surface area contributed by atoms with Gasteiger partial charge < -0.3 is 24.7 Å². The number of benzene rings is 2. The first-order valence-electron chi connectivity index (χ1n) is 12.5. The molecule has 0 saturated carbocycles. The zero-order chi connectivity index (χ0) is 28.7. The van der Waals surface area contributed by atoms with Crippen LogP contribution < -0.4 is 19.6 Å². The van der Waals surface area contributed by atoms with Gasteiger partial charge in [0.1, 0.15) is 17.2 Å². The van der Waals surface area contributed by atoms with Gasteiger partial charge in [-0.2, -0.15) is 0 Å². The maximum Gasteiger partial charge on any atom is 0.524 e. The summed E-state index contributed by atoms with van der Waals surface area (Å²) in [5.74, 6) is -1.27. The molecule has 0 spiro atoms. The van der Waals surface area contributed by atoms with Crippen molar-refractivity contribution in [1.29, 1.82) is 0 Å². The monoisotopic (exact) mass is 558 g/mol. The Morgan fingerprint density at radius 1 is 1.00 bits per heavy atom. The van der Waals surface area contributed by atoms with Crippen LogP contribution in [0.25, 0.3) is 0 Å². The van der Waals surface area contributed by atoms with Crippen LogP contribution in [0.15, 0.2) is 65.3 Å². The normalized spacial score (nSPS) is 13.7. The number of carbonyl (C=O) groups is 1. The first-order valence-corrected chi connectivity index (χ1v) is 14.0. The van der Waals surface area contributed by atoms with Crippen molar-refractivity contribution in [2.45, 2.75) is 53.4 Å². The van der Waals surface area contributed by atoms with Crippen LogP contribution in [0.2, 0.25) is 0 Å². The van der Waals surface area contributed by atoms with Crippen molar-refractivity contribution >= 4 is 30.8 Å². The van der Waals surface area contributed by atoms with Gasteiger partial charge in [0.2, 0.25) is 0 Å². The molecule has 2 aromatic carbocycles. The number of allylic oxidation sites excluding steroid dienone is 5. The van der Waals surface area contributed by atoms with Crippen molar-refractivity contribution in [2.24, 2.45) is 0 Å². The largest absolute Gasteiger partial charge is 0.524 e. The van der Waals surface area contributed by atoms with Crippen molar-refractivity contribution in [3.05, 3.63) is 70.8 Å². The van der Waals surface area contributed by atoms with E-state index >= 15 is 0 Å². The predicted molar refractivity (Wildman–Crippen MR) is 151 cm³/mol. The van der Waals surface area contributed by atoms with Gasteiger partial charge in [-0.3, -0.25) is 14.6 Å². The van der Waals surface area contributed by atoms with Crippen LogP contribution in [0, 0.1) is 0 Å². The third kappa shape index (κ3) is 8.21. The fourth-order valence-electron chi connectivity index (χ4n) is 4.17. The molecule has 0 atom stereocenters. The Hall–Kier alpha value is -3.56. The smallest absolute Gasteiger partial charge is 0.506 e. The van der Waals surface area contributed by atoms with Crippen molar-refractivity contribution in [1.82, 2.24) is 0 Å². The number of nitrogens with zero attached hydrogens (tertiary/aromatic N) is 1. The molecular weight excluding hydrogens is 523 g/mol. The molecule has 5 N–H and O–H groups in total. The van der Waals surface area contributed by atoms with Gasteiger partial charge in [-0.25, -0.2) is 9.82 Å². The van der Waals surface area contributed by atoms with Crippen LogP contribution >= 0.6 is 7.82 Å². The number of aromatic hydroxyl groups is 1. The summed E-state index contributed by atoms with van der Waals surface area (Å²) in [6.07, 6.45) is 9.94. The number of hydrogen-bond donors (Lipinski definition) is 5. The molecule has 11 heteroatoms. The maximum absolute atomic E-state index is 13.6. The highest BCUT2D eigenvalue weighted by Gasteiger charge is 2.31. The van der Waals surface area contributed by atoms with E-state index < -0.39 is 13.7 Å². The molecular formula is C28H35N2O8P. The van der Waals surface area contributed by atoms with Crippen LogP contribution in [0.5, 0.6) is 17.2 Å². The van der Waals surface area contributed by atoms with E-state index in [0.717, 1.165) is 37.3 Å². The van der Waals surface area contributed by atoms with E-state index in [2.05, 4.69) is 43.1 Å². The topological polar surface area (TPSA) is 149 Å². The number of amides is 1. The predicted octanol–water partition coefficient (Wildman–Crippen LogP) is 6.84. The third-order valence-corrected chi connectivity index (χ3v) is 6.63. The van der Waals surface area contributed by atoms with Gasteiger partial charge in [0.05, 0.1) is 16.9 Å². The van der Waals surface area contributed by atoms with Gasteiger partial charge >= 0.3 is 7.82 Å². The summed E-state index contributed by atoms with van der Waals surface area (Å²) in [4.78, 5) is 38.1. The number of rotatable bonds is 11. The minimum atomic E-state index is -4.95. The number of phenols is 1. The Balaban J connectivity index is 1.92. The second kappa shape index (κ2) is 13.0. The lowest BCUT2D eigenvalue weighted by Gasteiger charge is -2.23. The van der Waals surface area contributed by atoms with E-state index in [9.17, 15) is 29.5 Å². The number of nitrogens with one attached hydrogen (secondary N) is 1. The number of fused-ring (bicyclic) bond motifs is 2. The lowest BCUT2D eigenvalue weighted by atomic mass is 10.1. The molecule has 0 saturated heterocycles. The first kappa shape index (κ1) is 30.0. The highest BCUT2D eigenvalue weighted by atomic mass is 31.2. The fraction of sp³-hybridized carbons (Fsp3) is 0.321. The van der Waals surface area contributed by atoms with Crippen LogP contribution in [-0.4, -0.2) is 32.6 Å². The second-order valence-electron chi connectivity index (χ2n) is 9.69. The summed E-state index contributed by atoms with van der Waals surface area (Å²) in [6.45, 7) is 8.34. The summed E-state index contributed by atoms with van der Waals surface area (Å²) in [5.41, 5.74) is 4.14. The van der Waals surface area contributed by atoms with Crippen LogP contribution in [-0.2, 0) is 4.57 Å². The molecule has 2 aromatic rings. The Morgan fingerprint density at radius 2 is 1.67 bits per heavy atom. The zero-order valence-corrected chi connectivity index (χ0v) is 23.4. The molecule has 3 rings (SSSR count). The van der Waals surface area contributed by atoms with Crippen molar-refractivity contribution < 1.29 is 38.9 Å². The van der Waals surface area contributed by atoms with Gasteiger partial charge in [0.15, 0.2) is 5.75 Å². The summed E-state index contributed by atoms with van der Waals surface area (Å²) < 4.78 is 16.2.